The van der Waals surface area contributed by atoms with Gasteiger partial charge in [-0.1, -0.05) is 27.5 Å². The van der Waals surface area contributed by atoms with Gasteiger partial charge in [-0.3, -0.25) is 0 Å². The molecule has 44 valence electrons. The van der Waals surface area contributed by atoms with Crippen molar-refractivity contribution in [3.05, 3.63) is 10.8 Å². The lowest BCUT2D eigenvalue weighted by Gasteiger charge is -1.79. The number of aromatic nitrogens is 2. The first-order valence-electron chi connectivity index (χ1n) is 1.87. The fraction of sp³-hybridized carbons (Fsp3) is 0.333. The molecule has 0 aliphatic heterocycles. The predicted molar refractivity (Wildman–Crippen MR) is 37.6 cm³/mol. The molecule has 0 amide bonds. The van der Waals surface area contributed by atoms with E-state index in [1.54, 1.807) is 0 Å². The van der Waals surface area contributed by atoms with Gasteiger partial charge in [0.05, 0.1) is 11.7 Å². The minimum absolute atomic E-state index is 0.506. The topological polar surface area (TPSA) is 25.8 Å². The van der Waals surface area contributed by atoms with Crippen LogP contribution in [0.25, 0.3) is 0 Å². The molecule has 0 aliphatic carbocycles. The van der Waals surface area contributed by atoms with Crippen LogP contribution in [0.3, 0.4) is 0 Å². The molecule has 5 heteroatoms. The van der Waals surface area contributed by atoms with Crippen molar-refractivity contribution in [2.45, 2.75) is 5.33 Å². The molecule has 0 aromatic carbocycles. The molecule has 1 rings (SSSR count). The molecule has 0 bridgehead atoms. The molecule has 0 spiro atoms. The Kier molecular flexibility index (Phi) is 2.22. The van der Waals surface area contributed by atoms with E-state index in [1.165, 1.54) is 0 Å². The largest absolute Gasteiger partial charge is 0.176 e. The van der Waals surface area contributed by atoms with Gasteiger partial charge in [0.1, 0.15) is 5.69 Å². The lowest BCUT2D eigenvalue weighted by atomic mass is 10.6. The Hall–Kier alpha value is 0.330. The van der Waals surface area contributed by atoms with Crippen LogP contribution >= 0.6 is 39.3 Å². The van der Waals surface area contributed by atoms with E-state index in [9.17, 15) is 0 Å². The second-order valence-corrected chi connectivity index (χ2v) is 2.58. The maximum absolute atomic E-state index is 5.55. The summed E-state index contributed by atoms with van der Waals surface area (Å²) in [5, 5.41) is 1.19. The van der Waals surface area contributed by atoms with Gasteiger partial charge >= 0.3 is 0 Å². The molecule has 0 saturated carbocycles. The molecular weight excluding hydrogens is 211 g/mol. The molecule has 0 unspecified atom stereocenters. The first-order chi connectivity index (χ1) is 3.84. The fourth-order valence-electron chi connectivity index (χ4n) is 0.275. The maximum atomic E-state index is 5.55. The molecule has 1 aromatic heterocycles. The van der Waals surface area contributed by atoms with Crippen molar-refractivity contribution < 1.29 is 0 Å². The van der Waals surface area contributed by atoms with Crippen LogP contribution in [-0.4, -0.2) is 8.75 Å². The molecule has 8 heavy (non-hydrogen) atoms. The van der Waals surface area contributed by atoms with Gasteiger partial charge in [0.15, 0.2) is 5.15 Å². The number of hydrogen-bond acceptors (Lipinski definition) is 3. The van der Waals surface area contributed by atoms with Crippen molar-refractivity contribution >= 4 is 39.3 Å². The molecule has 2 nitrogen and oxygen atoms in total. The Morgan fingerprint density at radius 1 is 1.62 bits per heavy atom. The average molecular weight is 213 g/mol. The summed E-state index contributed by atoms with van der Waals surface area (Å²) in [6, 6.07) is 0. The smallest absolute Gasteiger partial charge is 0.166 e. The predicted octanol–water partition coefficient (Wildman–Crippen LogP) is 2.09. The highest BCUT2D eigenvalue weighted by atomic mass is 79.9. The van der Waals surface area contributed by atoms with Gasteiger partial charge in [0, 0.05) is 5.33 Å². The van der Waals surface area contributed by atoms with Crippen molar-refractivity contribution in [2.75, 3.05) is 0 Å². The van der Waals surface area contributed by atoms with Gasteiger partial charge in [0.2, 0.25) is 0 Å². The van der Waals surface area contributed by atoms with Crippen molar-refractivity contribution in [1.29, 1.82) is 0 Å². The highest BCUT2D eigenvalue weighted by molar-refractivity contribution is 9.08. The number of hydrogen-bond donors (Lipinski definition) is 0. The van der Waals surface area contributed by atoms with E-state index in [4.69, 9.17) is 11.6 Å². The summed E-state index contributed by atoms with van der Waals surface area (Å²) in [6.07, 6.45) is 0. The van der Waals surface area contributed by atoms with Gasteiger partial charge in [-0.05, 0) is 0 Å². The summed E-state index contributed by atoms with van der Waals surface area (Å²) in [5.41, 5.74) is 0.816. The number of alkyl halides is 1. The van der Waals surface area contributed by atoms with E-state index >= 15 is 0 Å². The monoisotopic (exact) mass is 212 g/mol. The molecule has 0 atom stereocenters. The van der Waals surface area contributed by atoms with Crippen LogP contribution in [0.4, 0.5) is 0 Å². The van der Waals surface area contributed by atoms with Crippen LogP contribution < -0.4 is 0 Å². The van der Waals surface area contributed by atoms with E-state index in [1.807, 2.05) is 0 Å². The first kappa shape index (κ1) is 6.45. The third kappa shape index (κ3) is 1.18. The van der Waals surface area contributed by atoms with Gasteiger partial charge in [-0.2, -0.15) is 8.75 Å². The van der Waals surface area contributed by atoms with Crippen LogP contribution in [-0.2, 0) is 5.33 Å². The van der Waals surface area contributed by atoms with Crippen LogP contribution in [0.15, 0.2) is 0 Å². The zero-order chi connectivity index (χ0) is 5.98. The zero-order valence-corrected chi connectivity index (χ0v) is 6.92. The van der Waals surface area contributed by atoms with Gasteiger partial charge < -0.3 is 0 Å². The molecular formula is C3H2BrClN2S. The van der Waals surface area contributed by atoms with Crippen molar-refractivity contribution in [2.24, 2.45) is 0 Å². The average Bonchev–Trinajstić information content (AvgIpc) is 2.14. The fourth-order valence-corrected chi connectivity index (χ4v) is 1.71. The van der Waals surface area contributed by atoms with Crippen LogP contribution in [0.5, 0.6) is 0 Å². The SMILES string of the molecule is Clc1nsnc1CBr. The Morgan fingerprint density at radius 2 is 2.38 bits per heavy atom. The lowest BCUT2D eigenvalue weighted by Crippen LogP contribution is -1.73. The summed E-state index contributed by atoms with van der Waals surface area (Å²) in [6.45, 7) is 0. The molecule has 0 aliphatic rings. The second kappa shape index (κ2) is 2.75. The quantitative estimate of drug-likeness (QED) is 0.668. The van der Waals surface area contributed by atoms with Crippen molar-refractivity contribution in [1.82, 2.24) is 8.75 Å². The van der Waals surface area contributed by atoms with Crippen LogP contribution in [0, 0.1) is 0 Å². The zero-order valence-electron chi connectivity index (χ0n) is 3.77. The normalized spacial score (nSPS) is 9.75. The number of halogens is 2. The minimum atomic E-state index is 0.506. The molecule has 0 N–H and O–H groups in total. The highest BCUT2D eigenvalue weighted by Gasteiger charge is 2.00. The molecule has 0 radical (unpaired) electrons. The Morgan fingerprint density at radius 3 is 2.62 bits per heavy atom. The van der Waals surface area contributed by atoms with Crippen LogP contribution in [0.2, 0.25) is 5.15 Å². The molecule has 1 heterocycles. The lowest BCUT2D eigenvalue weighted by molar-refractivity contribution is 1.30. The number of rotatable bonds is 1. The maximum Gasteiger partial charge on any atom is 0.166 e. The first-order valence-corrected chi connectivity index (χ1v) is 4.10. The molecule has 0 saturated heterocycles. The molecule has 1 aromatic rings. The van der Waals surface area contributed by atoms with E-state index < -0.39 is 0 Å². The second-order valence-electron chi connectivity index (χ2n) is 1.14. The van der Waals surface area contributed by atoms with Gasteiger partial charge in [0.25, 0.3) is 0 Å². The summed E-state index contributed by atoms with van der Waals surface area (Å²) >= 11 is 9.88. The summed E-state index contributed by atoms with van der Waals surface area (Å²) < 4.78 is 7.64. The summed E-state index contributed by atoms with van der Waals surface area (Å²) in [4.78, 5) is 0. The Labute approximate surface area is 64.3 Å². The third-order valence-corrected chi connectivity index (χ3v) is 2.14. The Bertz CT molecular complexity index is 178. The van der Waals surface area contributed by atoms with Crippen molar-refractivity contribution in [3.8, 4) is 0 Å². The van der Waals surface area contributed by atoms with E-state index in [0.29, 0.717) is 10.5 Å². The van der Waals surface area contributed by atoms with Gasteiger partial charge in [-0.25, -0.2) is 0 Å². The standard InChI is InChI=1S/C3H2BrClN2S/c4-1-2-3(5)7-8-6-2/h1H2. The number of nitrogens with zero attached hydrogens (tertiary/aromatic N) is 2. The van der Waals surface area contributed by atoms with E-state index in [-0.39, 0.29) is 0 Å². The third-order valence-electron chi connectivity index (χ3n) is 0.637. The van der Waals surface area contributed by atoms with E-state index in [0.717, 1.165) is 17.4 Å². The highest BCUT2D eigenvalue weighted by Crippen LogP contribution is 2.14. The minimum Gasteiger partial charge on any atom is -0.176 e. The van der Waals surface area contributed by atoms with Crippen molar-refractivity contribution in [3.63, 3.8) is 0 Å². The van der Waals surface area contributed by atoms with Crippen LogP contribution in [0.1, 0.15) is 5.69 Å². The van der Waals surface area contributed by atoms with E-state index in [2.05, 4.69) is 24.7 Å². The Balaban J connectivity index is 2.92. The summed E-state index contributed by atoms with van der Waals surface area (Å²) in [7, 11) is 0. The summed E-state index contributed by atoms with van der Waals surface area (Å²) in [5.74, 6) is 0. The molecule has 0 fully saturated rings. The van der Waals surface area contributed by atoms with Gasteiger partial charge in [-0.15, -0.1) is 0 Å².